The minimum atomic E-state index is -1.47. The lowest BCUT2D eigenvalue weighted by Crippen LogP contribution is -2.59. The average Bonchev–Trinajstić information content (AvgIpc) is 3.15. The number of nitrogens with one attached hydrogen (secondary N) is 1. The van der Waals surface area contributed by atoms with Crippen LogP contribution in [0.1, 0.15) is 44.2 Å². The Morgan fingerprint density at radius 1 is 1.11 bits per heavy atom. The maximum Gasteiger partial charge on any atom is 0.407 e. The summed E-state index contributed by atoms with van der Waals surface area (Å²) >= 11 is 0. The number of aliphatic carboxylic acids is 1. The Labute approximate surface area is 205 Å². The zero-order chi connectivity index (χ0) is 25.2. The Morgan fingerprint density at radius 3 is 2.29 bits per heavy atom. The highest BCUT2D eigenvalue weighted by molar-refractivity contribution is 5.87. The summed E-state index contributed by atoms with van der Waals surface area (Å²) in [5, 5.41) is 12.2. The van der Waals surface area contributed by atoms with Gasteiger partial charge in [-0.2, -0.15) is 0 Å². The fourth-order valence-electron chi connectivity index (χ4n) is 4.88. The molecule has 0 bridgehead atoms. The van der Waals surface area contributed by atoms with Gasteiger partial charge in [0.25, 0.3) is 0 Å². The first-order valence-electron chi connectivity index (χ1n) is 12.0. The Hall–Kier alpha value is -3.39. The highest BCUT2D eigenvalue weighted by Gasteiger charge is 2.42. The molecule has 8 nitrogen and oxygen atoms in total. The van der Waals surface area contributed by atoms with Crippen molar-refractivity contribution in [3.63, 3.8) is 0 Å². The molecule has 35 heavy (non-hydrogen) atoms. The first kappa shape index (κ1) is 24.7. The highest BCUT2D eigenvalue weighted by Crippen LogP contribution is 2.44. The predicted molar refractivity (Wildman–Crippen MR) is 130 cm³/mol. The van der Waals surface area contributed by atoms with E-state index in [1.807, 2.05) is 50.2 Å². The molecule has 1 heterocycles. The number of carboxylic acids is 1. The number of alkyl carbamates (subject to hydrolysis) is 1. The van der Waals surface area contributed by atoms with E-state index < -0.39 is 23.7 Å². The normalized spacial score (nSPS) is 20.2. The van der Waals surface area contributed by atoms with E-state index in [4.69, 9.17) is 9.47 Å². The van der Waals surface area contributed by atoms with Crippen LogP contribution in [0.3, 0.4) is 0 Å². The monoisotopic (exact) mass is 480 g/mol. The second kappa shape index (κ2) is 10.1. The van der Waals surface area contributed by atoms with Crippen molar-refractivity contribution in [2.75, 3.05) is 26.3 Å². The van der Waals surface area contributed by atoms with Gasteiger partial charge in [-0.15, -0.1) is 0 Å². The van der Waals surface area contributed by atoms with Gasteiger partial charge in [-0.25, -0.2) is 9.59 Å². The van der Waals surface area contributed by atoms with Gasteiger partial charge >= 0.3 is 12.1 Å². The third-order valence-corrected chi connectivity index (χ3v) is 6.68. The molecule has 0 saturated carbocycles. The molecule has 2 amide bonds. The zero-order valence-corrected chi connectivity index (χ0v) is 20.3. The van der Waals surface area contributed by atoms with Gasteiger partial charge in [0.05, 0.1) is 13.2 Å². The summed E-state index contributed by atoms with van der Waals surface area (Å²) < 4.78 is 11.0. The first-order chi connectivity index (χ1) is 16.7. The molecule has 8 heteroatoms. The lowest BCUT2D eigenvalue weighted by molar-refractivity contribution is -0.177. The lowest BCUT2D eigenvalue weighted by Gasteiger charge is -2.39. The Bertz CT molecular complexity index is 1070. The van der Waals surface area contributed by atoms with Crippen LogP contribution in [0.4, 0.5) is 4.79 Å². The van der Waals surface area contributed by atoms with Crippen molar-refractivity contribution >= 4 is 18.0 Å². The van der Waals surface area contributed by atoms with Gasteiger partial charge in [-0.1, -0.05) is 62.4 Å². The second-order valence-corrected chi connectivity index (χ2v) is 9.80. The van der Waals surface area contributed by atoms with Gasteiger partial charge in [-0.05, 0) is 41.5 Å². The number of rotatable bonds is 7. The largest absolute Gasteiger partial charge is 0.479 e. The van der Waals surface area contributed by atoms with Crippen LogP contribution in [0.5, 0.6) is 0 Å². The molecule has 1 aliphatic carbocycles. The topological polar surface area (TPSA) is 105 Å². The number of morpholine rings is 1. The van der Waals surface area contributed by atoms with Crippen LogP contribution in [-0.4, -0.2) is 65.9 Å². The van der Waals surface area contributed by atoms with Crippen molar-refractivity contribution in [3.8, 4) is 11.1 Å². The fraction of sp³-hybridized carbons (Fsp3) is 0.444. The van der Waals surface area contributed by atoms with Crippen molar-refractivity contribution in [2.45, 2.75) is 44.8 Å². The van der Waals surface area contributed by atoms with E-state index in [0.29, 0.717) is 6.42 Å². The average molecular weight is 481 g/mol. The van der Waals surface area contributed by atoms with Crippen LogP contribution < -0.4 is 5.32 Å². The number of amides is 2. The molecule has 1 saturated heterocycles. The maximum absolute atomic E-state index is 13.3. The predicted octanol–water partition coefficient (Wildman–Crippen LogP) is 3.64. The minimum Gasteiger partial charge on any atom is -0.479 e. The molecular formula is C27H32N2O6. The molecule has 2 aromatic rings. The van der Waals surface area contributed by atoms with Crippen LogP contribution in [0.15, 0.2) is 48.5 Å². The zero-order valence-electron chi connectivity index (χ0n) is 20.3. The minimum absolute atomic E-state index is 0.0806. The molecule has 1 fully saturated rings. The number of benzene rings is 2. The Kier molecular flexibility index (Phi) is 7.12. The standard InChI is InChI=1S/C27H32N2O6/c1-17(2)14-23(24(30)29-12-13-35-27(3,16-29)25(31)32)28-26(33)34-15-22-20-10-6-4-8-18(20)19-9-5-7-11-21(19)22/h4-11,17,22-23H,12-16H2,1-3H3,(H,28,33)(H,31,32)/t23-,27?/m1/s1. The quantitative estimate of drug-likeness (QED) is 0.627. The van der Waals surface area contributed by atoms with Crippen molar-refractivity contribution in [1.82, 2.24) is 10.2 Å². The van der Waals surface area contributed by atoms with Crippen molar-refractivity contribution < 1.29 is 29.0 Å². The number of carboxylic acid groups (broad SMARTS) is 1. The van der Waals surface area contributed by atoms with Crippen LogP contribution >= 0.6 is 0 Å². The van der Waals surface area contributed by atoms with E-state index in [1.165, 1.54) is 11.8 Å². The molecule has 4 rings (SSSR count). The van der Waals surface area contributed by atoms with E-state index in [2.05, 4.69) is 17.4 Å². The number of fused-ring (bicyclic) bond motifs is 3. The summed E-state index contributed by atoms with van der Waals surface area (Å²) in [4.78, 5) is 39.1. The molecule has 0 spiro atoms. The third kappa shape index (κ3) is 5.17. The second-order valence-electron chi connectivity index (χ2n) is 9.80. The fourth-order valence-corrected chi connectivity index (χ4v) is 4.88. The summed E-state index contributed by atoms with van der Waals surface area (Å²) in [5.41, 5.74) is 3.02. The van der Waals surface area contributed by atoms with E-state index in [1.54, 1.807) is 0 Å². The van der Waals surface area contributed by atoms with Crippen molar-refractivity contribution in [2.24, 2.45) is 5.92 Å². The van der Waals surface area contributed by atoms with Gasteiger partial charge in [-0.3, -0.25) is 4.79 Å². The molecule has 1 aliphatic heterocycles. The first-order valence-corrected chi connectivity index (χ1v) is 12.0. The maximum atomic E-state index is 13.3. The summed E-state index contributed by atoms with van der Waals surface area (Å²) in [6.45, 7) is 5.82. The van der Waals surface area contributed by atoms with Gasteiger partial charge in [0.1, 0.15) is 12.6 Å². The van der Waals surface area contributed by atoms with Gasteiger partial charge in [0.2, 0.25) is 5.91 Å². The number of hydrogen-bond donors (Lipinski definition) is 2. The van der Waals surface area contributed by atoms with Gasteiger partial charge < -0.3 is 24.8 Å². The van der Waals surface area contributed by atoms with Crippen molar-refractivity contribution in [1.29, 1.82) is 0 Å². The number of hydrogen-bond acceptors (Lipinski definition) is 5. The summed E-state index contributed by atoms with van der Waals surface area (Å²) in [6, 6.07) is 15.3. The van der Waals surface area contributed by atoms with Crippen LogP contribution in [-0.2, 0) is 19.1 Å². The van der Waals surface area contributed by atoms with Crippen molar-refractivity contribution in [3.05, 3.63) is 59.7 Å². The number of carbonyl (C=O) groups excluding carboxylic acids is 2. The highest BCUT2D eigenvalue weighted by atomic mass is 16.5. The smallest absolute Gasteiger partial charge is 0.407 e. The van der Waals surface area contributed by atoms with Crippen LogP contribution in [0.2, 0.25) is 0 Å². The molecule has 0 aromatic heterocycles. The molecule has 1 unspecified atom stereocenters. The Balaban J connectivity index is 1.43. The van der Waals surface area contributed by atoms with E-state index in [9.17, 15) is 19.5 Å². The molecule has 186 valence electrons. The molecule has 2 aliphatic rings. The number of ether oxygens (including phenoxy) is 2. The molecular weight excluding hydrogens is 448 g/mol. The Morgan fingerprint density at radius 2 is 1.71 bits per heavy atom. The van der Waals surface area contributed by atoms with E-state index in [-0.39, 0.29) is 44.0 Å². The molecule has 2 aromatic carbocycles. The lowest BCUT2D eigenvalue weighted by atomic mass is 9.98. The molecule has 2 N–H and O–H groups in total. The SMILES string of the molecule is CC(C)C[C@@H](NC(=O)OCC1c2ccccc2-c2ccccc21)C(=O)N1CCOC(C)(C(=O)O)C1. The summed E-state index contributed by atoms with van der Waals surface area (Å²) in [7, 11) is 0. The van der Waals surface area contributed by atoms with Gasteiger partial charge in [0.15, 0.2) is 5.60 Å². The van der Waals surface area contributed by atoms with E-state index >= 15 is 0 Å². The molecule has 2 atom stereocenters. The van der Waals surface area contributed by atoms with Crippen LogP contribution in [0, 0.1) is 5.92 Å². The van der Waals surface area contributed by atoms with E-state index in [0.717, 1.165) is 22.3 Å². The molecule has 0 radical (unpaired) electrons. The van der Waals surface area contributed by atoms with Crippen LogP contribution in [0.25, 0.3) is 11.1 Å². The number of nitrogens with zero attached hydrogens (tertiary/aromatic N) is 1. The third-order valence-electron chi connectivity index (χ3n) is 6.68. The summed E-state index contributed by atoms with van der Waals surface area (Å²) in [6.07, 6.45) is -0.260. The number of carbonyl (C=O) groups is 3. The van der Waals surface area contributed by atoms with Gasteiger partial charge in [0, 0.05) is 12.5 Å². The summed E-state index contributed by atoms with van der Waals surface area (Å²) in [5.74, 6) is -1.41.